The molecule has 258 valence electrons. The first-order chi connectivity index (χ1) is 22.3. The lowest BCUT2D eigenvalue weighted by Crippen LogP contribution is -2.42. The van der Waals surface area contributed by atoms with E-state index in [2.05, 4.69) is 65.1 Å². The lowest BCUT2D eigenvalue weighted by atomic mass is 9.76. The Morgan fingerprint density at radius 2 is 1.53 bits per heavy atom. The molecule has 0 saturated carbocycles. The Morgan fingerprint density at radius 3 is 2.21 bits per heavy atom. The van der Waals surface area contributed by atoms with Gasteiger partial charge in [-0.05, 0) is 54.2 Å². The largest absolute Gasteiger partial charge is 0.506 e. The van der Waals surface area contributed by atoms with Crippen molar-refractivity contribution < 1.29 is 32.5 Å². The summed E-state index contributed by atoms with van der Waals surface area (Å²) in [5, 5.41) is 15.0. The van der Waals surface area contributed by atoms with Gasteiger partial charge in [-0.25, -0.2) is 8.42 Å². The predicted octanol–water partition coefficient (Wildman–Crippen LogP) is 6.55. The molecule has 1 fully saturated rings. The fraction of sp³-hybridized carbons (Fsp3) is 0.541. The van der Waals surface area contributed by atoms with Crippen LogP contribution >= 0.6 is 0 Å². The van der Waals surface area contributed by atoms with Gasteiger partial charge in [0.2, 0.25) is 10.0 Å². The van der Waals surface area contributed by atoms with Crippen LogP contribution in [-0.2, 0) is 25.6 Å². The van der Waals surface area contributed by atoms with Crippen molar-refractivity contribution in [3.63, 3.8) is 0 Å². The van der Waals surface area contributed by atoms with Crippen molar-refractivity contribution in [2.75, 3.05) is 51.8 Å². The van der Waals surface area contributed by atoms with Crippen LogP contribution < -0.4 is 14.8 Å². The summed E-state index contributed by atoms with van der Waals surface area (Å²) in [7, 11) is -3.40. The Bertz CT molecular complexity index is 1630. The molecule has 0 bridgehead atoms. The summed E-state index contributed by atoms with van der Waals surface area (Å²) in [6.07, 6.45) is 2.88. The smallest absolute Gasteiger partial charge is 0.255 e. The minimum Gasteiger partial charge on any atom is -0.506 e. The third kappa shape index (κ3) is 8.97. The van der Waals surface area contributed by atoms with Crippen molar-refractivity contribution in [3.8, 4) is 17.2 Å². The van der Waals surface area contributed by atoms with Crippen LogP contribution in [0.4, 0.5) is 0 Å². The maximum absolute atomic E-state index is 13.3. The number of rotatable bonds is 16. The van der Waals surface area contributed by atoms with Gasteiger partial charge < -0.3 is 24.6 Å². The van der Waals surface area contributed by atoms with E-state index < -0.39 is 15.9 Å². The van der Waals surface area contributed by atoms with E-state index in [0.717, 1.165) is 18.6 Å². The maximum Gasteiger partial charge on any atom is 0.255 e. The standard InChI is InChI=1S/C37H52N2O7S/c1-7-36(3,4)27-15-16-32(31(25-27)37(5,6)8-2)45-20-11-17-38-35(41)30-26-33(28-13-9-10-14-29(28)34(30)40)46-21-12-24-47(42,43)39-18-22-44-23-19-39/h9-10,13-16,25-26,40H,7-8,11-12,17-24H2,1-6H3,(H,38,41). The van der Waals surface area contributed by atoms with Gasteiger partial charge in [0, 0.05) is 36.0 Å². The number of morpholine rings is 1. The van der Waals surface area contributed by atoms with Crippen LogP contribution in [0.15, 0.2) is 48.5 Å². The average Bonchev–Trinajstić information content (AvgIpc) is 3.07. The van der Waals surface area contributed by atoms with Crippen LogP contribution in [0, 0.1) is 0 Å². The van der Waals surface area contributed by atoms with Gasteiger partial charge in [0.15, 0.2) is 0 Å². The number of carbonyl (C=O) groups is 1. The second-order valence-electron chi connectivity index (χ2n) is 13.5. The zero-order valence-corrected chi connectivity index (χ0v) is 29.7. The van der Waals surface area contributed by atoms with Crippen molar-refractivity contribution in [3.05, 3.63) is 65.2 Å². The fourth-order valence-corrected chi connectivity index (χ4v) is 6.99. The molecular formula is C37H52N2O7S. The summed E-state index contributed by atoms with van der Waals surface area (Å²) in [4.78, 5) is 13.3. The molecule has 1 saturated heterocycles. The molecule has 0 unspecified atom stereocenters. The summed E-state index contributed by atoms with van der Waals surface area (Å²) >= 11 is 0. The normalized spacial score (nSPS) is 14.7. The molecule has 3 aromatic rings. The van der Waals surface area contributed by atoms with Crippen molar-refractivity contribution in [2.45, 2.75) is 78.1 Å². The lowest BCUT2D eigenvalue weighted by molar-refractivity contribution is 0.0730. The number of nitrogens with zero attached hydrogens (tertiary/aromatic N) is 1. The molecule has 0 aliphatic carbocycles. The Balaban J connectivity index is 1.37. The average molecular weight is 669 g/mol. The number of aromatic hydroxyl groups is 1. The molecule has 1 amide bonds. The molecule has 0 radical (unpaired) electrons. The maximum atomic E-state index is 13.3. The minimum absolute atomic E-state index is 0.0449. The Kier molecular flexibility index (Phi) is 12.2. The van der Waals surface area contributed by atoms with Crippen LogP contribution in [0.3, 0.4) is 0 Å². The van der Waals surface area contributed by atoms with Crippen molar-refractivity contribution >= 4 is 26.7 Å². The number of nitrogens with one attached hydrogen (secondary N) is 1. The highest BCUT2D eigenvalue weighted by molar-refractivity contribution is 7.89. The zero-order chi connectivity index (χ0) is 34.2. The summed E-state index contributed by atoms with van der Waals surface area (Å²) in [5.41, 5.74) is 2.61. The highest BCUT2D eigenvalue weighted by atomic mass is 32.2. The van der Waals surface area contributed by atoms with Gasteiger partial charge in [0.05, 0.1) is 37.7 Å². The molecule has 0 spiro atoms. The van der Waals surface area contributed by atoms with Gasteiger partial charge in [0.25, 0.3) is 5.91 Å². The molecule has 4 rings (SSSR count). The first kappa shape index (κ1) is 36.5. The molecule has 0 aromatic heterocycles. The highest BCUT2D eigenvalue weighted by Crippen LogP contribution is 2.39. The van der Waals surface area contributed by atoms with E-state index in [1.54, 1.807) is 18.2 Å². The predicted molar refractivity (Wildman–Crippen MR) is 187 cm³/mol. The SMILES string of the molecule is CCC(C)(C)c1ccc(OCCCNC(=O)c2cc(OCCCS(=O)(=O)N3CCOCC3)c3ccccc3c2O)c(C(C)(C)CC)c1. The second-order valence-corrected chi connectivity index (χ2v) is 15.6. The number of carbonyl (C=O) groups excluding carboxylic acids is 1. The van der Waals surface area contributed by atoms with Gasteiger partial charge >= 0.3 is 0 Å². The number of fused-ring (bicyclic) bond motifs is 1. The third-order valence-corrected chi connectivity index (χ3v) is 11.5. The van der Waals surface area contributed by atoms with E-state index in [9.17, 15) is 18.3 Å². The topological polar surface area (TPSA) is 114 Å². The summed E-state index contributed by atoms with van der Waals surface area (Å²) in [6.45, 7) is 15.8. The molecule has 9 nitrogen and oxygen atoms in total. The number of ether oxygens (including phenoxy) is 3. The van der Waals surface area contributed by atoms with Crippen molar-refractivity contribution in [1.29, 1.82) is 0 Å². The van der Waals surface area contributed by atoms with E-state index in [0.29, 0.717) is 62.4 Å². The summed E-state index contributed by atoms with van der Waals surface area (Å²) < 4.78 is 44.3. The summed E-state index contributed by atoms with van der Waals surface area (Å²) in [6, 6.07) is 15.2. The van der Waals surface area contributed by atoms with Crippen molar-refractivity contribution in [1.82, 2.24) is 9.62 Å². The number of amides is 1. The summed E-state index contributed by atoms with van der Waals surface area (Å²) in [5.74, 6) is 0.684. The quantitative estimate of drug-likeness (QED) is 0.166. The Labute approximate surface area is 280 Å². The van der Waals surface area contributed by atoms with Gasteiger partial charge in [0.1, 0.15) is 17.2 Å². The van der Waals surface area contributed by atoms with Gasteiger partial charge in [-0.2, -0.15) is 4.31 Å². The Morgan fingerprint density at radius 1 is 0.894 bits per heavy atom. The van der Waals surface area contributed by atoms with E-state index in [4.69, 9.17) is 14.2 Å². The van der Waals surface area contributed by atoms with Gasteiger partial charge in [-0.1, -0.05) is 77.9 Å². The van der Waals surface area contributed by atoms with Crippen molar-refractivity contribution in [2.24, 2.45) is 0 Å². The van der Waals surface area contributed by atoms with Gasteiger partial charge in [-0.15, -0.1) is 0 Å². The van der Waals surface area contributed by atoms with E-state index in [1.165, 1.54) is 21.5 Å². The highest BCUT2D eigenvalue weighted by Gasteiger charge is 2.27. The van der Waals surface area contributed by atoms with Gasteiger partial charge in [-0.3, -0.25) is 4.79 Å². The van der Waals surface area contributed by atoms with Crippen LogP contribution in [0.5, 0.6) is 17.2 Å². The van der Waals surface area contributed by atoms with Crippen LogP contribution in [0.1, 0.15) is 88.7 Å². The third-order valence-electron chi connectivity index (χ3n) is 9.51. The number of phenolic OH excluding ortho intramolecular Hbond substituents is 1. The molecule has 1 aliphatic heterocycles. The second kappa shape index (κ2) is 15.7. The fourth-order valence-electron chi connectivity index (χ4n) is 5.55. The Hall–Kier alpha value is -3.34. The van der Waals surface area contributed by atoms with E-state index >= 15 is 0 Å². The van der Waals surface area contributed by atoms with E-state index in [-0.39, 0.29) is 40.9 Å². The minimum atomic E-state index is -3.40. The molecule has 47 heavy (non-hydrogen) atoms. The molecule has 3 aromatic carbocycles. The first-order valence-corrected chi connectivity index (χ1v) is 18.4. The number of benzene rings is 3. The monoisotopic (exact) mass is 668 g/mol. The molecule has 10 heteroatoms. The lowest BCUT2D eigenvalue weighted by Gasteiger charge is -2.30. The number of phenols is 1. The first-order valence-electron chi connectivity index (χ1n) is 16.8. The molecule has 2 N–H and O–H groups in total. The van der Waals surface area contributed by atoms with Crippen LogP contribution in [0.2, 0.25) is 0 Å². The molecule has 1 heterocycles. The molecule has 1 aliphatic rings. The van der Waals surface area contributed by atoms with E-state index in [1.807, 2.05) is 6.07 Å². The number of hydrogen-bond donors (Lipinski definition) is 2. The van der Waals surface area contributed by atoms with Crippen LogP contribution in [-0.4, -0.2) is 75.6 Å². The molecular weight excluding hydrogens is 616 g/mol. The number of hydrogen-bond acceptors (Lipinski definition) is 7. The number of sulfonamides is 1. The molecule has 0 atom stereocenters. The zero-order valence-electron chi connectivity index (χ0n) is 28.9. The van der Waals surface area contributed by atoms with Crippen LogP contribution in [0.25, 0.3) is 10.8 Å².